The van der Waals surface area contributed by atoms with E-state index in [2.05, 4.69) is 49.8 Å². The average Bonchev–Trinajstić information content (AvgIpc) is 3.14. The van der Waals surface area contributed by atoms with E-state index in [-0.39, 0.29) is 16.9 Å². The largest absolute Gasteiger partial charge is 0.410 e. The Kier molecular flexibility index (Phi) is 5.17. The maximum Gasteiger partial charge on any atom is 0.224 e. The van der Waals surface area contributed by atoms with Gasteiger partial charge in [0.25, 0.3) is 0 Å². The van der Waals surface area contributed by atoms with Gasteiger partial charge in [0, 0.05) is 24.2 Å². The normalized spacial score (nSPS) is 26.4. The minimum absolute atomic E-state index is 0.0157. The second-order valence-corrected chi connectivity index (χ2v) is 13.6. The molecular formula is C19H26ClN3O3Si. The molecule has 0 bridgehead atoms. The van der Waals surface area contributed by atoms with E-state index in [9.17, 15) is 5.11 Å². The number of fused-ring (bicyclic) bond motifs is 1. The molecule has 0 saturated carbocycles. The number of nitrogens with zero attached hydrogens (tertiary/aromatic N) is 3. The van der Waals surface area contributed by atoms with E-state index >= 15 is 0 Å². The molecule has 146 valence electrons. The van der Waals surface area contributed by atoms with Crippen molar-refractivity contribution in [3.63, 3.8) is 0 Å². The molecule has 1 aliphatic heterocycles. The highest BCUT2D eigenvalue weighted by Crippen LogP contribution is 2.45. The number of hydrogen-bond donors (Lipinski definition) is 1. The van der Waals surface area contributed by atoms with Gasteiger partial charge < -0.3 is 18.8 Å². The van der Waals surface area contributed by atoms with Crippen molar-refractivity contribution in [1.29, 1.82) is 0 Å². The molecule has 3 heterocycles. The average molecular weight is 408 g/mol. The van der Waals surface area contributed by atoms with Crippen LogP contribution in [0.1, 0.15) is 33.4 Å². The van der Waals surface area contributed by atoms with Gasteiger partial charge in [-0.05, 0) is 35.8 Å². The molecule has 0 unspecified atom stereocenters. The standard InChI is InChI=1S/C19H26ClN3O3Si/c1-7-19(12-24)14(26-27(5,6)18(2,3)4)10-15(25-19)23-9-8-13-11-21-17(20)22-16(13)23/h1,8-9,11,14-15,24H,10,12H2,2-6H3/t14-,15+,19+/m0/s1. The number of terminal acetylenes is 1. The first-order valence-electron chi connectivity index (χ1n) is 8.96. The third kappa shape index (κ3) is 3.53. The molecule has 1 saturated heterocycles. The van der Waals surface area contributed by atoms with Crippen LogP contribution in [0.4, 0.5) is 0 Å². The SMILES string of the molecule is C#C[C@]1(CO)O[C@@H](n2ccc3cnc(Cl)nc32)C[C@@H]1O[Si](C)(C)C(C)(C)C. The third-order valence-electron chi connectivity index (χ3n) is 5.74. The summed E-state index contributed by atoms with van der Waals surface area (Å²) in [5, 5.41) is 11.1. The lowest BCUT2D eigenvalue weighted by molar-refractivity contribution is -0.0865. The van der Waals surface area contributed by atoms with Crippen molar-refractivity contribution in [3.05, 3.63) is 23.7 Å². The van der Waals surface area contributed by atoms with E-state index in [1.807, 2.05) is 16.8 Å². The number of hydrogen-bond acceptors (Lipinski definition) is 5. The van der Waals surface area contributed by atoms with E-state index in [0.29, 0.717) is 12.1 Å². The van der Waals surface area contributed by atoms with Gasteiger partial charge in [0.2, 0.25) is 5.28 Å². The second kappa shape index (κ2) is 6.87. The molecule has 2 aromatic heterocycles. The van der Waals surface area contributed by atoms with Crippen molar-refractivity contribution in [2.75, 3.05) is 6.61 Å². The molecule has 1 N–H and O–H groups in total. The molecule has 8 heteroatoms. The molecule has 0 aromatic carbocycles. The maximum absolute atomic E-state index is 10.1. The summed E-state index contributed by atoms with van der Waals surface area (Å²) in [6.45, 7) is 10.5. The van der Waals surface area contributed by atoms with Gasteiger partial charge in [0.15, 0.2) is 13.9 Å². The van der Waals surface area contributed by atoms with Crippen LogP contribution in [0.25, 0.3) is 11.0 Å². The molecule has 0 radical (unpaired) electrons. The highest BCUT2D eigenvalue weighted by Gasteiger charge is 2.52. The lowest BCUT2D eigenvalue weighted by Gasteiger charge is -2.41. The fourth-order valence-electron chi connectivity index (χ4n) is 3.05. The Morgan fingerprint density at radius 2 is 2.22 bits per heavy atom. The number of ether oxygens (including phenoxy) is 1. The quantitative estimate of drug-likeness (QED) is 0.474. The Hall–Kier alpha value is -1.43. The van der Waals surface area contributed by atoms with Crippen LogP contribution in [0.3, 0.4) is 0 Å². The van der Waals surface area contributed by atoms with Gasteiger partial charge >= 0.3 is 0 Å². The van der Waals surface area contributed by atoms with Crippen LogP contribution >= 0.6 is 11.6 Å². The summed E-state index contributed by atoms with van der Waals surface area (Å²) in [6, 6.07) is 1.90. The minimum Gasteiger partial charge on any atom is -0.410 e. The van der Waals surface area contributed by atoms with Crippen molar-refractivity contribution in [1.82, 2.24) is 14.5 Å². The van der Waals surface area contributed by atoms with Gasteiger partial charge in [-0.25, -0.2) is 4.98 Å². The highest BCUT2D eigenvalue weighted by atomic mass is 35.5. The van der Waals surface area contributed by atoms with E-state index in [1.54, 1.807) is 6.20 Å². The Balaban J connectivity index is 1.97. The fourth-order valence-corrected chi connectivity index (χ4v) is 4.53. The third-order valence-corrected chi connectivity index (χ3v) is 10.4. The summed E-state index contributed by atoms with van der Waals surface area (Å²) in [4.78, 5) is 8.32. The van der Waals surface area contributed by atoms with Crippen LogP contribution in [-0.4, -0.2) is 46.3 Å². The van der Waals surface area contributed by atoms with Crippen molar-refractivity contribution >= 4 is 31.0 Å². The minimum atomic E-state index is -2.11. The van der Waals surface area contributed by atoms with Crippen LogP contribution in [0.5, 0.6) is 0 Å². The van der Waals surface area contributed by atoms with Crippen molar-refractivity contribution < 1.29 is 14.3 Å². The van der Waals surface area contributed by atoms with Gasteiger partial charge in [-0.1, -0.05) is 26.7 Å². The smallest absolute Gasteiger partial charge is 0.224 e. The van der Waals surface area contributed by atoms with Gasteiger partial charge in [-0.15, -0.1) is 6.42 Å². The van der Waals surface area contributed by atoms with Crippen LogP contribution in [-0.2, 0) is 9.16 Å². The number of rotatable bonds is 4. The summed E-state index contributed by atoms with van der Waals surface area (Å²) in [5.74, 6) is 2.66. The molecule has 3 atom stereocenters. The molecule has 2 aromatic rings. The Morgan fingerprint density at radius 3 is 2.81 bits per heavy atom. The molecule has 0 aliphatic carbocycles. The van der Waals surface area contributed by atoms with Crippen molar-refractivity contribution in [2.45, 2.75) is 63.3 Å². The molecular weight excluding hydrogens is 382 g/mol. The summed E-state index contributed by atoms with van der Waals surface area (Å²) in [7, 11) is -2.11. The fraction of sp³-hybridized carbons (Fsp3) is 0.579. The Labute approximate surface area is 166 Å². The predicted molar refractivity (Wildman–Crippen MR) is 108 cm³/mol. The predicted octanol–water partition coefficient (Wildman–Crippen LogP) is 3.76. The summed E-state index contributed by atoms with van der Waals surface area (Å²) in [5.41, 5.74) is -0.523. The first-order valence-corrected chi connectivity index (χ1v) is 12.2. The number of halogens is 1. The van der Waals surface area contributed by atoms with E-state index in [1.165, 1.54) is 0 Å². The first-order chi connectivity index (χ1) is 12.5. The topological polar surface area (TPSA) is 69.4 Å². The Bertz CT molecular complexity index is 886. The monoisotopic (exact) mass is 407 g/mol. The van der Waals surface area contributed by atoms with Crippen LogP contribution < -0.4 is 0 Å². The zero-order valence-corrected chi connectivity index (χ0v) is 18.1. The second-order valence-electron chi connectivity index (χ2n) is 8.51. The van der Waals surface area contributed by atoms with E-state index in [0.717, 1.165) is 5.39 Å². The van der Waals surface area contributed by atoms with Gasteiger partial charge in [0.1, 0.15) is 11.9 Å². The number of aliphatic hydroxyl groups is 1. The van der Waals surface area contributed by atoms with E-state index in [4.69, 9.17) is 27.2 Å². The van der Waals surface area contributed by atoms with Crippen LogP contribution in [0.2, 0.25) is 23.4 Å². The lowest BCUT2D eigenvalue weighted by Crippen LogP contribution is -2.51. The van der Waals surface area contributed by atoms with Crippen LogP contribution in [0, 0.1) is 12.3 Å². The molecule has 27 heavy (non-hydrogen) atoms. The van der Waals surface area contributed by atoms with Crippen molar-refractivity contribution in [2.24, 2.45) is 0 Å². The van der Waals surface area contributed by atoms with Crippen LogP contribution in [0.15, 0.2) is 18.5 Å². The zero-order chi connectivity index (χ0) is 20.0. The van der Waals surface area contributed by atoms with Crippen molar-refractivity contribution in [3.8, 4) is 12.3 Å². The summed E-state index contributed by atoms with van der Waals surface area (Å²) < 4.78 is 14.6. The number of aromatic nitrogens is 3. The number of aliphatic hydroxyl groups excluding tert-OH is 1. The van der Waals surface area contributed by atoms with E-state index < -0.39 is 26.3 Å². The first kappa shape index (κ1) is 20.3. The summed E-state index contributed by atoms with van der Waals surface area (Å²) in [6.07, 6.45) is 9.03. The molecule has 0 spiro atoms. The summed E-state index contributed by atoms with van der Waals surface area (Å²) >= 11 is 5.96. The maximum atomic E-state index is 10.1. The molecule has 6 nitrogen and oxygen atoms in total. The molecule has 0 amide bonds. The lowest BCUT2D eigenvalue weighted by atomic mass is 9.99. The molecule has 1 aliphatic rings. The Morgan fingerprint density at radius 1 is 1.52 bits per heavy atom. The molecule has 3 rings (SSSR count). The van der Waals surface area contributed by atoms with Gasteiger partial charge in [-0.2, -0.15) is 4.98 Å². The highest BCUT2D eigenvalue weighted by molar-refractivity contribution is 6.74. The zero-order valence-electron chi connectivity index (χ0n) is 16.4. The molecule has 1 fully saturated rings. The van der Waals surface area contributed by atoms with Gasteiger partial charge in [0.05, 0.1) is 12.7 Å². The van der Waals surface area contributed by atoms with Gasteiger partial charge in [-0.3, -0.25) is 0 Å².